The highest BCUT2D eigenvalue weighted by atomic mass is 35.5. The molecule has 0 N–H and O–H groups in total. The third-order valence-corrected chi connectivity index (χ3v) is 4.89. The van der Waals surface area contributed by atoms with Crippen LogP contribution in [0.1, 0.15) is 5.82 Å². The Kier molecular flexibility index (Phi) is 4.33. The predicted molar refractivity (Wildman–Crippen MR) is 95.2 cm³/mol. The number of hydrogen-bond donors (Lipinski definition) is 0. The second-order valence-electron chi connectivity index (χ2n) is 5.27. The Balaban J connectivity index is 1.48. The monoisotopic (exact) mass is 372 g/mol. The van der Waals surface area contributed by atoms with E-state index in [2.05, 4.69) is 15.1 Å². The van der Waals surface area contributed by atoms with Crippen molar-refractivity contribution >= 4 is 23.4 Å². The highest BCUT2D eigenvalue weighted by Crippen LogP contribution is 2.28. The van der Waals surface area contributed by atoms with Gasteiger partial charge in [-0.15, -0.1) is 0 Å². The number of furan rings is 1. The van der Waals surface area contributed by atoms with Crippen LogP contribution in [-0.4, -0.2) is 19.7 Å². The summed E-state index contributed by atoms with van der Waals surface area (Å²) in [6, 6.07) is 11.1. The Labute approximate surface area is 152 Å². The standard InChI is InChI=1S/C17H13ClN4O2S/c1-22-15(9-19-16(22)13-6-3-7-23-13)25-10-14-20-17(24-21-14)11-4-2-5-12(18)8-11/h2-9H,10H2,1H3. The van der Waals surface area contributed by atoms with Gasteiger partial charge in [0.1, 0.15) is 0 Å². The summed E-state index contributed by atoms with van der Waals surface area (Å²) in [4.78, 5) is 8.82. The summed E-state index contributed by atoms with van der Waals surface area (Å²) < 4.78 is 12.7. The summed E-state index contributed by atoms with van der Waals surface area (Å²) in [5.74, 6) is 3.15. The van der Waals surface area contributed by atoms with Crippen LogP contribution in [0.25, 0.3) is 23.0 Å². The van der Waals surface area contributed by atoms with Crippen molar-refractivity contribution in [1.82, 2.24) is 19.7 Å². The van der Waals surface area contributed by atoms with Gasteiger partial charge in [0, 0.05) is 17.6 Å². The first-order valence-electron chi connectivity index (χ1n) is 7.47. The Hall–Kier alpha value is -2.51. The average molecular weight is 373 g/mol. The van der Waals surface area contributed by atoms with Gasteiger partial charge in [0.15, 0.2) is 17.4 Å². The topological polar surface area (TPSA) is 69.9 Å². The van der Waals surface area contributed by atoms with Gasteiger partial charge in [-0.3, -0.25) is 0 Å². The molecule has 8 heteroatoms. The zero-order valence-corrected chi connectivity index (χ0v) is 14.8. The van der Waals surface area contributed by atoms with Gasteiger partial charge in [-0.2, -0.15) is 4.98 Å². The number of halogens is 1. The molecule has 0 aliphatic rings. The van der Waals surface area contributed by atoms with Crippen LogP contribution in [0.5, 0.6) is 0 Å². The number of nitrogens with zero attached hydrogens (tertiary/aromatic N) is 4. The largest absolute Gasteiger partial charge is 0.461 e. The van der Waals surface area contributed by atoms with Crippen LogP contribution >= 0.6 is 23.4 Å². The molecule has 0 aliphatic heterocycles. The summed E-state index contributed by atoms with van der Waals surface area (Å²) in [7, 11) is 1.95. The van der Waals surface area contributed by atoms with Crippen LogP contribution < -0.4 is 0 Å². The number of thioether (sulfide) groups is 1. The van der Waals surface area contributed by atoms with E-state index in [1.165, 1.54) is 0 Å². The molecule has 1 aromatic carbocycles. The number of hydrogen-bond acceptors (Lipinski definition) is 6. The summed E-state index contributed by atoms with van der Waals surface area (Å²) in [5.41, 5.74) is 0.803. The van der Waals surface area contributed by atoms with E-state index in [0.29, 0.717) is 22.5 Å². The van der Waals surface area contributed by atoms with E-state index in [4.69, 9.17) is 20.5 Å². The molecule has 6 nitrogen and oxygen atoms in total. The minimum Gasteiger partial charge on any atom is -0.461 e. The zero-order valence-electron chi connectivity index (χ0n) is 13.2. The van der Waals surface area contributed by atoms with Gasteiger partial charge < -0.3 is 13.5 Å². The molecule has 0 amide bonds. The van der Waals surface area contributed by atoms with E-state index in [1.807, 2.05) is 35.9 Å². The Morgan fingerprint density at radius 1 is 1.24 bits per heavy atom. The maximum Gasteiger partial charge on any atom is 0.258 e. The molecule has 4 rings (SSSR count). The van der Waals surface area contributed by atoms with E-state index in [0.717, 1.165) is 22.2 Å². The first-order chi connectivity index (χ1) is 12.2. The normalized spacial score (nSPS) is 11.1. The number of benzene rings is 1. The van der Waals surface area contributed by atoms with Gasteiger partial charge in [-0.05, 0) is 30.3 Å². The van der Waals surface area contributed by atoms with Crippen molar-refractivity contribution < 1.29 is 8.94 Å². The van der Waals surface area contributed by atoms with Crippen LogP contribution in [0.2, 0.25) is 5.02 Å². The van der Waals surface area contributed by atoms with Crippen molar-refractivity contribution in [3.05, 3.63) is 59.7 Å². The summed E-state index contributed by atoms with van der Waals surface area (Å²) >= 11 is 7.57. The van der Waals surface area contributed by atoms with Gasteiger partial charge in [0.25, 0.3) is 5.89 Å². The maximum atomic E-state index is 5.99. The van der Waals surface area contributed by atoms with Gasteiger partial charge in [0.2, 0.25) is 0 Å². The lowest BCUT2D eigenvalue weighted by molar-refractivity contribution is 0.425. The van der Waals surface area contributed by atoms with E-state index in [-0.39, 0.29) is 0 Å². The van der Waals surface area contributed by atoms with Crippen molar-refractivity contribution in [2.45, 2.75) is 10.8 Å². The highest BCUT2D eigenvalue weighted by molar-refractivity contribution is 7.98. The van der Waals surface area contributed by atoms with Crippen LogP contribution in [0.3, 0.4) is 0 Å². The number of aromatic nitrogens is 4. The van der Waals surface area contributed by atoms with Crippen LogP contribution in [0.15, 0.2) is 62.8 Å². The van der Waals surface area contributed by atoms with Gasteiger partial charge in [-0.1, -0.05) is 34.6 Å². The average Bonchev–Trinajstić information content (AvgIpc) is 3.34. The van der Waals surface area contributed by atoms with E-state index in [1.54, 1.807) is 36.4 Å². The molecule has 0 fully saturated rings. The minimum absolute atomic E-state index is 0.458. The molecule has 0 spiro atoms. The molecular formula is C17H13ClN4O2S. The lowest BCUT2D eigenvalue weighted by atomic mass is 10.2. The maximum absolute atomic E-state index is 5.99. The van der Waals surface area contributed by atoms with Crippen molar-refractivity contribution in [1.29, 1.82) is 0 Å². The first-order valence-corrected chi connectivity index (χ1v) is 8.84. The number of imidazole rings is 1. The number of rotatable bonds is 5. The Morgan fingerprint density at radius 2 is 2.16 bits per heavy atom. The van der Waals surface area contributed by atoms with Gasteiger partial charge in [-0.25, -0.2) is 4.98 Å². The zero-order chi connectivity index (χ0) is 17.2. The van der Waals surface area contributed by atoms with Crippen molar-refractivity contribution in [3.63, 3.8) is 0 Å². The summed E-state index contributed by atoms with van der Waals surface area (Å²) in [5, 5.41) is 5.64. The fourth-order valence-corrected chi connectivity index (χ4v) is 3.34. The molecule has 0 saturated carbocycles. The summed E-state index contributed by atoms with van der Waals surface area (Å²) in [6.45, 7) is 0. The van der Waals surface area contributed by atoms with E-state index in [9.17, 15) is 0 Å². The molecule has 0 saturated heterocycles. The van der Waals surface area contributed by atoms with Crippen LogP contribution in [0, 0.1) is 0 Å². The molecule has 25 heavy (non-hydrogen) atoms. The molecule has 126 valence electrons. The summed E-state index contributed by atoms with van der Waals surface area (Å²) in [6.07, 6.45) is 3.44. The van der Waals surface area contributed by atoms with E-state index < -0.39 is 0 Å². The molecule has 0 bridgehead atoms. The molecule has 0 radical (unpaired) electrons. The molecule has 0 atom stereocenters. The predicted octanol–water partition coefficient (Wildman–Crippen LogP) is 4.68. The van der Waals surface area contributed by atoms with Crippen molar-refractivity contribution in [2.24, 2.45) is 7.05 Å². The second kappa shape index (κ2) is 6.78. The lowest BCUT2D eigenvalue weighted by Crippen LogP contribution is -1.94. The fourth-order valence-electron chi connectivity index (χ4n) is 2.35. The molecular weight excluding hydrogens is 360 g/mol. The molecule has 4 aromatic rings. The second-order valence-corrected chi connectivity index (χ2v) is 6.70. The fraction of sp³-hybridized carbons (Fsp3) is 0.118. The van der Waals surface area contributed by atoms with Crippen LogP contribution in [0.4, 0.5) is 0 Å². The Morgan fingerprint density at radius 3 is 2.96 bits per heavy atom. The first kappa shape index (κ1) is 16.0. The van der Waals surface area contributed by atoms with Crippen molar-refractivity contribution in [3.8, 4) is 23.0 Å². The SMILES string of the molecule is Cn1c(SCc2noc(-c3cccc(Cl)c3)n2)cnc1-c1ccco1. The molecule has 0 aliphatic carbocycles. The van der Waals surface area contributed by atoms with E-state index >= 15 is 0 Å². The molecule has 3 aromatic heterocycles. The van der Waals surface area contributed by atoms with Crippen LogP contribution in [-0.2, 0) is 12.8 Å². The van der Waals surface area contributed by atoms with Gasteiger partial charge in [0.05, 0.1) is 23.2 Å². The third kappa shape index (κ3) is 3.33. The Bertz CT molecular complexity index is 994. The smallest absolute Gasteiger partial charge is 0.258 e. The van der Waals surface area contributed by atoms with Gasteiger partial charge >= 0.3 is 0 Å². The quantitative estimate of drug-likeness (QED) is 0.474. The molecule has 0 unspecified atom stereocenters. The highest BCUT2D eigenvalue weighted by Gasteiger charge is 2.14. The molecule has 3 heterocycles. The minimum atomic E-state index is 0.458. The lowest BCUT2D eigenvalue weighted by Gasteiger charge is -2.02. The van der Waals surface area contributed by atoms with Crippen molar-refractivity contribution in [2.75, 3.05) is 0 Å². The third-order valence-electron chi connectivity index (χ3n) is 3.58.